The lowest BCUT2D eigenvalue weighted by molar-refractivity contribution is -0.154. The van der Waals surface area contributed by atoms with E-state index in [-0.39, 0.29) is 22.5 Å². The van der Waals surface area contributed by atoms with Crippen molar-refractivity contribution in [1.82, 2.24) is 0 Å². The van der Waals surface area contributed by atoms with Gasteiger partial charge in [-0.25, -0.2) is 0 Å². The van der Waals surface area contributed by atoms with E-state index in [4.69, 9.17) is 13.9 Å². The summed E-state index contributed by atoms with van der Waals surface area (Å²) in [5.74, 6) is -2.86. The van der Waals surface area contributed by atoms with Crippen LogP contribution in [-0.4, -0.2) is 12.5 Å². The fourth-order valence-corrected chi connectivity index (χ4v) is 4.30. The van der Waals surface area contributed by atoms with E-state index >= 15 is 0 Å². The topological polar surface area (TPSA) is 77.8 Å². The molecule has 9 heteroatoms. The summed E-state index contributed by atoms with van der Waals surface area (Å²) in [7, 11) is 0. The third kappa shape index (κ3) is 5.57. The van der Waals surface area contributed by atoms with Crippen molar-refractivity contribution in [1.29, 1.82) is 0 Å². The molecule has 5 aromatic rings. The smallest absolute Gasteiger partial charge is 0.453 e. The number of carbonyl (C=O) groups is 1. The van der Waals surface area contributed by atoms with Crippen LogP contribution >= 0.6 is 0 Å². The predicted molar refractivity (Wildman–Crippen MR) is 142 cm³/mol. The van der Waals surface area contributed by atoms with E-state index in [2.05, 4.69) is 5.32 Å². The summed E-state index contributed by atoms with van der Waals surface area (Å²) in [5.41, 5.74) is 0.775. The van der Waals surface area contributed by atoms with Crippen molar-refractivity contribution in [2.24, 2.45) is 0 Å². The first kappa shape index (κ1) is 25.8. The van der Waals surface area contributed by atoms with Crippen molar-refractivity contribution >= 4 is 33.3 Å². The first-order valence-corrected chi connectivity index (χ1v) is 11.9. The molecular weight excluding hydrogens is 511 g/mol. The minimum absolute atomic E-state index is 0.0508. The molecule has 5 rings (SSSR count). The zero-order valence-corrected chi connectivity index (χ0v) is 20.9. The molecule has 0 aliphatic carbocycles. The molecular formula is C30H22F3NO5. The zero-order valence-electron chi connectivity index (χ0n) is 20.9. The number of aryl methyl sites for hydroxylation is 2. The number of carbonyl (C=O) groups excluding carboxylic acids is 1. The van der Waals surface area contributed by atoms with Crippen LogP contribution < -0.4 is 20.2 Å². The number of halogens is 3. The van der Waals surface area contributed by atoms with E-state index in [9.17, 15) is 22.8 Å². The number of anilines is 1. The summed E-state index contributed by atoms with van der Waals surface area (Å²) in [4.78, 5) is 25.6. The van der Waals surface area contributed by atoms with Crippen molar-refractivity contribution in [3.05, 3.63) is 106 Å². The molecule has 0 saturated carbocycles. The van der Waals surface area contributed by atoms with E-state index in [1.165, 1.54) is 24.3 Å². The van der Waals surface area contributed by atoms with Crippen LogP contribution in [0.3, 0.4) is 0 Å². The predicted octanol–water partition coefficient (Wildman–Crippen LogP) is 7.39. The Hall–Kier alpha value is -4.79. The summed E-state index contributed by atoms with van der Waals surface area (Å²) in [5, 5.41) is 4.43. The Bertz CT molecular complexity index is 1750. The molecule has 0 aliphatic rings. The Kier molecular flexibility index (Phi) is 6.74. The van der Waals surface area contributed by atoms with Gasteiger partial charge in [-0.1, -0.05) is 42.5 Å². The third-order valence-corrected chi connectivity index (χ3v) is 5.93. The molecule has 39 heavy (non-hydrogen) atoms. The van der Waals surface area contributed by atoms with E-state index < -0.39 is 35.6 Å². The summed E-state index contributed by atoms with van der Waals surface area (Å²) < 4.78 is 57.7. The molecule has 0 saturated heterocycles. The lowest BCUT2D eigenvalue weighted by Gasteiger charge is -2.14. The van der Waals surface area contributed by atoms with Gasteiger partial charge in [0, 0.05) is 17.1 Å². The number of hydrogen-bond acceptors (Lipinski definition) is 5. The third-order valence-electron chi connectivity index (χ3n) is 5.93. The van der Waals surface area contributed by atoms with Crippen molar-refractivity contribution in [3.8, 4) is 17.2 Å². The maximum atomic E-state index is 13.9. The molecule has 198 valence electrons. The van der Waals surface area contributed by atoms with Crippen LogP contribution in [0, 0.1) is 13.8 Å². The van der Waals surface area contributed by atoms with Crippen LogP contribution in [0.5, 0.6) is 17.2 Å². The number of amides is 1. The summed E-state index contributed by atoms with van der Waals surface area (Å²) in [6.07, 6.45) is -5.00. The molecule has 0 atom stereocenters. The number of hydrogen-bond donors (Lipinski definition) is 1. The molecule has 6 nitrogen and oxygen atoms in total. The van der Waals surface area contributed by atoms with Gasteiger partial charge >= 0.3 is 6.18 Å². The highest BCUT2D eigenvalue weighted by molar-refractivity contribution is 6.02. The Morgan fingerprint density at radius 3 is 2.33 bits per heavy atom. The number of benzene rings is 4. The Morgan fingerprint density at radius 2 is 1.59 bits per heavy atom. The number of alkyl halides is 3. The molecule has 0 fully saturated rings. The zero-order chi connectivity index (χ0) is 27.7. The first-order valence-electron chi connectivity index (χ1n) is 11.9. The molecule has 0 unspecified atom stereocenters. The van der Waals surface area contributed by atoms with E-state index in [1.807, 2.05) is 36.4 Å². The Labute approximate surface area is 220 Å². The fraction of sp³-hybridized carbons (Fsp3) is 0.133. The van der Waals surface area contributed by atoms with Crippen LogP contribution in [0.25, 0.3) is 21.7 Å². The van der Waals surface area contributed by atoms with Gasteiger partial charge in [-0.05, 0) is 60.7 Å². The highest BCUT2D eigenvalue weighted by atomic mass is 19.4. The van der Waals surface area contributed by atoms with Crippen LogP contribution in [0.4, 0.5) is 18.9 Å². The largest absolute Gasteiger partial charge is 0.484 e. The molecule has 0 aliphatic heterocycles. The van der Waals surface area contributed by atoms with Crippen molar-refractivity contribution in [2.75, 3.05) is 11.9 Å². The highest BCUT2D eigenvalue weighted by Gasteiger charge is 2.40. The molecule has 1 amide bonds. The van der Waals surface area contributed by atoms with Crippen LogP contribution in [0.2, 0.25) is 0 Å². The second kappa shape index (κ2) is 10.2. The van der Waals surface area contributed by atoms with Gasteiger partial charge in [-0.2, -0.15) is 13.2 Å². The molecule has 1 heterocycles. The number of nitrogens with one attached hydrogen (secondary N) is 1. The van der Waals surface area contributed by atoms with E-state index in [1.54, 1.807) is 26.0 Å². The van der Waals surface area contributed by atoms with Gasteiger partial charge in [0.15, 0.2) is 6.61 Å². The van der Waals surface area contributed by atoms with Gasteiger partial charge in [-0.3, -0.25) is 9.59 Å². The van der Waals surface area contributed by atoms with Crippen LogP contribution in [-0.2, 0) is 11.0 Å². The summed E-state index contributed by atoms with van der Waals surface area (Å²) in [6.45, 7) is 3.10. The van der Waals surface area contributed by atoms with Gasteiger partial charge in [0.1, 0.15) is 17.1 Å². The van der Waals surface area contributed by atoms with Crippen LogP contribution in [0.1, 0.15) is 16.9 Å². The maximum absolute atomic E-state index is 13.9. The molecule has 4 aromatic carbocycles. The lowest BCUT2D eigenvalue weighted by Crippen LogP contribution is -2.20. The second-order valence-electron chi connectivity index (χ2n) is 9.03. The quantitative estimate of drug-likeness (QED) is 0.246. The maximum Gasteiger partial charge on any atom is 0.453 e. The van der Waals surface area contributed by atoms with Gasteiger partial charge in [0.25, 0.3) is 11.7 Å². The monoisotopic (exact) mass is 533 g/mol. The average molecular weight is 534 g/mol. The second-order valence-corrected chi connectivity index (χ2v) is 9.03. The van der Waals surface area contributed by atoms with Crippen molar-refractivity contribution in [3.63, 3.8) is 0 Å². The van der Waals surface area contributed by atoms with Crippen LogP contribution in [0.15, 0.2) is 88.1 Å². The minimum atomic E-state index is -5.00. The van der Waals surface area contributed by atoms with Gasteiger partial charge in [0.2, 0.25) is 11.2 Å². The molecule has 0 spiro atoms. The molecule has 1 aromatic heterocycles. The Balaban J connectivity index is 1.41. The highest BCUT2D eigenvalue weighted by Crippen LogP contribution is 2.39. The standard InChI is InChI=1S/C30H22F3NO5/c1-17-12-18(2)14-21(13-17)38-28-27(36)23-11-10-20(15-25(23)39-29(28)30(31,32)33)37-16-26(35)34-24-9-5-7-19-6-3-4-8-22(19)24/h3-15H,16H2,1-2H3,(H,34,35). The molecule has 0 bridgehead atoms. The molecule has 0 radical (unpaired) electrons. The normalized spacial score (nSPS) is 11.5. The van der Waals surface area contributed by atoms with Crippen molar-refractivity contribution in [2.45, 2.75) is 20.0 Å². The fourth-order valence-electron chi connectivity index (χ4n) is 4.30. The molecule has 1 N–H and O–H groups in total. The number of rotatable bonds is 6. The Morgan fingerprint density at radius 1 is 0.872 bits per heavy atom. The average Bonchev–Trinajstić information content (AvgIpc) is 2.88. The van der Waals surface area contributed by atoms with E-state index in [0.29, 0.717) is 5.69 Å². The lowest BCUT2D eigenvalue weighted by atomic mass is 10.1. The van der Waals surface area contributed by atoms with Crippen molar-refractivity contribution < 1.29 is 31.9 Å². The van der Waals surface area contributed by atoms with E-state index in [0.717, 1.165) is 28.0 Å². The SMILES string of the molecule is Cc1cc(C)cc(Oc2c(C(F)(F)F)oc3cc(OCC(=O)Nc4cccc5ccccc45)ccc3c2=O)c1. The van der Waals surface area contributed by atoms with Gasteiger partial charge < -0.3 is 19.2 Å². The summed E-state index contributed by atoms with van der Waals surface area (Å²) in [6, 6.07) is 21.6. The summed E-state index contributed by atoms with van der Waals surface area (Å²) >= 11 is 0. The minimum Gasteiger partial charge on any atom is -0.484 e. The van der Waals surface area contributed by atoms with Gasteiger partial charge in [0.05, 0.1) is 5.39 Å². The number of fused-ring (bicyclic) bond motifs is 2. The number of ether oxygens (including phenoxy) is 2. The van der Waals surface area contributed by atoms with Gasteiger partial charge in [-0.15, -0.1) is 0 Å². The first-order chi connectivity index (χ1) is 18.6.